The molecule has 0 fully saturated rings. The highest BCUT2D eigenvalue weighted by atomic mass is 32.2. The number of amides is 1. The van der Waals surface area contributed by atoms with Crippen LogP contribution >= 0.6 is 23.5 Å². The van der Waals surface area contributed by atoms with E-state index in [1.165, 1.54) is 16.5 Å². The van der Waals surface area contributed by atoms with E-state index in [4.69, 9.17) is 0 Å². The normalized spacial score (nSPS) is 12.4. The summed E-state index contributed by atoms with van der Waals surface area (Å²) in [6, 6.07) is 38.5. The van der Waals surface area contributed by atoms with E-state index in [0.717, 1.165) is 23.5 Å². The number of nitrogens with one attached hydrogen (secondary N) is 1. The maximum Gasteiger partial charge on any atom is 0.225 e. The Morgan fingerprint density at radius 2 is 1.12 bits per heavy atom. The molecule has 0 radical (unpaired) electrons. The average molecular weight is 616 g/mol. The summed E-state index contributed by atoms with van der Waals surface area (Å²) in [7, 11) is -3.62. The van der Waals surface area contributed by atoms with Crippen molar-refractivity contribution in [3.63, 3.8) is 0 Å². The van der Waals surface area contributed by atoms with E-state index >= 15 is 0 Å². The van der Waals surface area contributed by atoms with Crippen molar-refractivity contribution in [2.75, 3.05) is 11.5 Å². The third-order valence-corrected chi connectivity index (χ3v) is 10.5. The highest BCUT2D eigenvalue weighted by Gasteiger charge is 2.22. The van der Waals surface area contributed by atoms with Gasteiger partial charge in [-0.2, -0.15) is 23.5 Å². The molecule has 1 atom stereocenters. The van der Waals surface area contributed by atoms with Crippen molar-refractivity contribution in [1.82, 2.24) is 5.32 Å². The third-order valence-electron chi connectivity index (χ3n) is 6.71. The number of hydrogen-bond donors (Lipinski definition) is 1. The molecular formula is C35H37NO3S3. The van der Waals surface area contributed by atoms with Crippen LogP contribution in [0.3, 0.4) is 0 Å². The van der Waals surface area contributed by atoms with Crippen LogP contribution in [0.1, 0.15) is 23.1 Å². The number of aryl methyl sites for hydroxylation is 1. The average Bonchev–Trinajstić information content (AvgIpc) is 3.03. The van der Waals surface area contributed by atoms with Crippen LogP contribution < -0.4 is 5.32 Å². The molecule has 7 heteroatoms. The van der Waals surface area contributed by atoms with Crippen molar-refractivity contribution in [1.29, 1.82) is 0 Å². The second-order valence-corrected chi connectivity index (χ2v) is 13.9. The lowest BCUT2D eigenvalue weighted by Crippen LogP contribution is -2.40. The Morgan fingerprint density at radius 3 is 1.62 bits per heavy atom. The van der Waals surface area contributed by atoms with Crippen LogP contribution in [0.25, 0.3) is 0 Å². The first-order valence-electron chi connectivity index (χ1n) is 14.1. The summed E-state index contributed by atoms with van der Waals surface area (Å²) in [5.74, 6) is 2.77. The van der Waals surface area contributed by atoms with Crippen LogP contribution in [0.4, 0.5) is 0 Å². The molecule has 4 aromatic carbocycles. The van der Waals surface area contributed by atoms with Gasteiger partial charge in [0.1, 0.15) is 0 Å². The summed E-state index contributed by atoms with van der Waals surface area (Å²) in [5.41, 5.74) is 3.60. The van der Waals surface area contributed by atoms with Gasteiger partial charge in [-0.15, -0.1) is 0 Å². The molecule has 4 aromatic rings. The fraction of sp³-hybridized carbons (Fsp3) is 0.229. The molecule has 1 amide bonds. The van der Waals surface area contributed by atoms with E-state index in [2.05, 4.69) is 29.6 Å². The lowest BCUT2D eigenvalue weighted by atomic mass is 10.0. The first-order chi connectivity index (χ1) is 20.5. The molecular weight excluding hydrogens is 579 g/mol. The molecule has 0 saturated carbocycles. The smallest absolute Gasteiger partial charge is 0.225 e. The lowest BCUT2D eigenvalue weighted by Gasteiger charge is -2.21. The molecule has 0 aliphatic heterocycles. The molecule has 1 N–H and O–H groups in total. The number of thioether (sulfide) groups is 2. The topological polar surface area (TPSA) is 63.2 Å². The molecule has 0 spiro atoms. The monoisotopic (exact) mass is 615 g/mol. The van der Waals surface area contributed by atoms with Gasteiger partial charge in [0.05, 0.1) is 10.8 Å². The predicted octanol–water partition coefficient (Wildman–Crippen LogP) is 7.57. The van der Waals surface area contributed by atoms with Gasteiger partial charge in [0.15, 0.2) is 9.84 Å². The lowest BCUT2D eigenvalue weighted by molar-refractivity contribution is -0.124. The van der Waals surface area contributed by atoms with Crippen molar-refractivity contribution in [3.8, 4) is 0 Å². The maximum absolute atomic E-state index is 13.7. The second-order valence-electron chi connectivity index (χ2n) is 10.0. The molecule has 0 unspecified atom stereocenters. The molecule has 0 aliphatic carbocycles. The molecule has 0 saturated heterocycles. The van der Waals surface area contributed by atoms with Gasteiger partial charge in [-0.1, -0.05) is 115 Å². The van der Waals surface area contributed by atoms with E-state index in [1.807, 2.05) is 66.7 Å². The standard InChI is InChI=1S/C35H37NO3S3/c37-35(32(27-40-25-30-15-7-2-8-16-30)28-41-26-31-17-9-3-10-18-31)36-33(22-21-29-13-5-1-6-14-29)23-24-42(38,39)34-19-11-4-12-20-34/h1-20,23-24,32-33H,21-22,25-28H2,(H,36,37)/b24-23+/t33-/m0/s1. The van der Waals surface area contributed by atoms with Crippen LogP contribution in [0, 0.1) is 5.92 Å². The zero-order valence-electron chi connectivity index (χ0n) is 23.5. The fourth-order valence-corrected chi connectivity index (χ4v) is 7.80. The van der Waals surface area contributed by atoms with Gasteiger partial charge in [0.2, 0.25) is 5.91 Å². The summed E-state index contributed by atoms with van der Waals surface area (Å²) >= 11 is 3.51. The largest absolute Gasteiger partial charge is 0.350 e. The van der Waals surface area contributed by atoms with E-state index in [1.54, 1.807) is 59.9 Å². The maximum atomic E-state index is 13.7. The number of rotatable bonds is 16. The van der Waals surface area contributed by atoms with E-state index in [-0.39, 0.29) is 16.7 Å². The summed E-state index contributed by atoms with van der Waals surface area (Å²) in [5, 5.41) is 4.43. The number of benzene rings is 4. The van der Waals surface area contributed by atoms with Gasteiger partial charge in [-0.3, -0.25) is 4.79 Å². The minimum absolute atomic E-state index is 0.0454. The van der Waals surface area contributed by atoms with E-state index in [9.17, 15) is 13.2 Å². The Labute approximate surface area is 259 Å². The minimum Gasteiger partial charge on any atom is -0.350 e. The summed E-state index contributed by atoms with van der Waals surface area (Å²) < 4.78 is 26.0. The van der Waals surface area contributed by atoms with Crippen molar-refractivity contribution >= 4 is 39.3 Å². The summed E-state index contributed by atoms with van der Waals surface area (Å²) in [6.45, 7) is 0. The number of hydrogen-bond acceptors (Lipinski definition) is 5. The summed E-state index contributed by atoms with van der Waals surface area (Å²) in [6.07, 6.45) is 2.95. The second kappa shape index (κ2) is 17.0. The number of carbonyl (C=O) groups is 1. The van der Waals surface area contributed by atoms with Gasteiger partial charge >= 0.3 is 0 Å². The number of sulfone groups is 1. The van der Waals surface area contributed by atoms with Crippen molar-refractivity contribution in [2.45, 2.75) is 35.3 Å². The molecule has 42 heavy (non-hydrogen) atoms. The van der Waals surface area contributed by atoms with Crippen molar-refractivity contribution in [2.24, 2.45) is 5.92 Å². The first kappa shape index (κ1) is 31.7. The number of carbonyl (C=O) groups excluding carboxylic acids is 1. The highest BCUT2D eigenvalue weighted by molar-refractivity contribution is 7.99. The zero-order valence-corrected chi connectivity index (χ0v) is 26.0. The Kier molecular flexibility index (Phi) is 12.8. The van der Waals surface area contributed by atoms with Gasteiger partial charge in [-0.05, 0) is 41.7 Å². The zero-order chi connectivity index (χ0) is 29.5. The quantitative estimate of drug-likeness (QED) is 0.141. The van der Waals surface area contributed by atoms with Crippen LogP contribution in [0.5, 0.6) is 0 Å². The van der Waals surface area contributed by atoms with Gasteiger partial charge in [0, 0.05) is 34.5 Å². The van der Waals surface area contributed by atoms with Gasteiger partial charge in [-0.25, -0.2) is 8.42 Å². The van der Waals surface area contributed by atoms with Crippen molar-refractivity contribution < 1.29 is 13.2 Å². The van der Waals surface area contributed by atoms with Crippen LogP contribution in [-0.2, 0) is 32.6 Å². The summed E-state index contributed by atoms with van der Waals surface area (Å²) in [4.78, 5) is 14.0. The Balaban J connectivity index is 1.46. The van der Waals surface area contributed by atoms with Gasteiger partial charge in [0.25, 0.3) is 0 Å². The molecule has 4 nitrogen and oxygen atoms in total. The van der Waals surface area contributed by atoms with Crippen LogP contribution in [0.2, 0.25) is 0 Å². The Hall–Kier alpha value is -3.26. The first-order valence-corrected chi connectivity index (χ1v) is 17.9. The van der Waals surface area contributed by atoms with E-state index in [0.29, 0.717) is 17.9 Å². The molecule has 218 valence electrons. The van der Waals surface area contributed by atoms with Crippen molar-refractivity contribution in [3.05, 3.63) is 150 Å². The Morgan fingerprint density at radius 1 is 0.667 bits per heavy atom. The minimum atomic E-state index is -3.62. The van der Waals surface area contributed by atoms with Crippen LogP contribution in [0.15, 0.2) is 138 Å². The van der Waals surface area contributed by atoms with Crippen LogP contribution in [-0.4, -0.2) is 31.9 Å². The SMILES string of the molecule is O=C(N[C@H](/C=C/S(=O)(=O)c1ccccc1)CCc1ccccc1)C(CSCc1ccccc1)CSCc1ccccc1. The molecule has 4 rings (SSSR count). The van der Waals surface area contributed by atoms with E-state index < -0.39 is 15.9 Å². The highest BCUT2D eigenvalue weighted by Crippen LogP contribution is 2.22. The van der Waals surface area contributed by atoms with Gasteiger partial charge < -0.3 is 5.32 Å². The molecule has 0 aromatic heterocycles. The Bertz CT molecular complexity index is 1430. The predicted molar refractivity (Wildman–Crippen MR) is 178 cm³/mol. The molecule has 0 bridgehead atoms. The molecule has 0 aliphatic rings. The molecule has 0 heterocycles. The third kappa shape index (κ3) is 10.9. The fourth-order valence-electron chi connectivity index (χ4n) is 4.36.